The molecule has 4 nitrogen and oxygen atoms in total. The Bertz CT molecular complexity index is 1870. The number of hydrogen-bond acceptors (Lipinski definition) is 4. The zero-order valence-corrected chi connectivity index (χ0v) is 30.0. The Morgan fingerprint density at radius 1 is 0.596 bits per heavy atom. The second-order valence-electron chi connectivity index (χ2n) is 15.1. The number of nitrogens with zero attached hydrogens (tertiary/aromatic N) is 2. The maximum absolute atomic E-state index is 12.7. The number of aromatic nitrogens is 2. The van der Waals surface area contributed by atoms with Gasteiger partial charge in [-0.3, -0.25) is 14.8 Å². The van der Waals surface area contributed by atoms with E-state index in [1.165, 1.54) is 39.1 Å². The number of ketones is 1. The van der Waals surface area contributed by atoms with Gasteiger partial charge in [0, 0.05) is 33.6 Å². The summed E-state index contributed by atoms with van der Waals surface area (Å²) in [6, 6.07) is 16.4. The molecule has 2 aromatic heterocycles. The van der Waals surface area contributed by atoms with E-state index in [1.54, 1.807) is 6.07 Å². The molecule has 3 heterocycles. The van der Waals surface area contributed by atoms with Crippen LogP contribution in [0, 0.1) is 0 Å². The van der Waals surface area contributed by atoms with Crippen molar-refractivity contribution in [1.29, 1.82) is 0 Å². The van der Waals surface area contributed by atoms with Crippen LogP contribution in [0.25, 0.3) is 5.57 Å². The van der Waals surface area contributed by atoms with Crippen molar-refractivity contribution in [3.8, 4) is 0 Å². The van der Waals surface area contributed by atoms with Crippen molar-refractivity contribution in [2.24, 2.45) is 0 Å². The summed E-state index contributed by atoms with van der Waals surface area (Å²) in [5.41, 5.74) is 14.2. The summed E-state index contributed by atoms with van der Waals surface area (Å²) in [6.45, 7) is 15.3. The lowest BCUT2D eigenvalue weighted by Gasteiger charge is -2.23. The molecule has 47 heavy (non-hydrogen) atoms. The van der Waals surface area contributed by atoms with Crippen molar-refractivity contribution in [1.82, 2.24) is 15.3 Å². The number of rotatable bonds is 0. The van der Waals surface area contributed by atoms with E-state index < -0.39 is 0 Å². The molecule has 0 spiro atoms. The van der Waals surface area contributed by atoms with E-state index >= 15 is 0 Å². The first-order valence-electron chi connectivity index (χ1n) is 16.8. The highest BCUT2D eigenvalue weighted by molar-refractivity contribution is 6.31. The molecule has 2 aromatic carbocycles. The molecule has 1 saturated heterocycles. The van der Waals surface area contributed by atoms with Gasteiger partial charge in [0.05, 0.1) is 5.69 Å². The first-order valence-corrected chi connectivity index (χ1v) is 17.6. The zero-order valence-electron chi connectivity index (χ0n) is 28.5. The molecule has 244 valence electrons. The van der Waals surface area contributed by atoms with Crippen LogP contribution in [0.1, 0.15) is 115 Å². The van der Waals surface area contributed by atoms with E-state index in [0.29, 0.717) is 10.7 Å². The molecular weight excluding hydrogens is 621 g/mol. The van der Waals surface area contributed by atoms with E-state index in [2.05, 4.69) is 82.3 Å². The van der Waals surface area contributed by atoms with Gasteiger partial charge in [0.2, 0.25) is 5.78 Å². The Hall–Kier alpha value is -3.31. The molecule has 6 heteroatoms. The fraction of sp³-hybridized carbons (Fsp3) is 0.390. The molecule has 1 aliphatic heterocycles. The molecule has 0 amide bonds. The highest BCUT2D eigenvalue weighted by Gasteiger charge is 2.27. The van der Waals surface area contributed by atoms with Crippen LogP contribution < -0.4 is 5.32 Å². The molecule has 0 radical (unpaired) electrons. The van der Waals surface area contributed by atoms with Crippen molar-refractivity contribution in [3.63, 3.8) is 0 Å². The van der Waals surface area contributed by atoms with Gasteiger partial charge in [0.25, 0.3) is 0 Å². The Morgan fingerprint density at radius 3 is 1.62 bits per heavy atom. The summed E-state index contributed by atoms with van der Waals surface area (Å²) in [4.78, 5) is 22.2. The van der Waals surface area contributed by atoms with Gasteiger partial charge in [-0.15, -0.1) is 0 Å². The summed E-state index contributed by atoms with van der Waals surface area (Å²) < 4.78 is 0. The van der Waals surface area contributed by atoms with Gasteiger partial charge in [-0.25, -0.2) is 0 Å². The van der Waals surface area contributed by atoms with E-state index in [4.69, 9.17) is 28.2 Å². The minimum absolute atomic E-state index is 0.00891. The minimum Gasteiger partial charge on any atom is -0.316 e. The lowest BCUT2D eigenvalue weighted by molar-refractivity contribution is 0.103. The summed E-state index contributed by atoms with van der Waals surface area (Å²) in [6.07, 6.45) is 9.80. The Labute approximate surface area is 290 Å². The highest BCUT2D eigenvalue weighted by atomic mass is 35.5. The molecule has 0 bridgehead atoms. The number of aryl methyl sites for hydroxylation is 4. The molecular formula is C41H45Cl2N3O. The molecule has 0 unspecified atom stereocenters. The minimum atomic E-state index is 0.00891. The van der Waals surface area contributed by atoms with Gasteiger partial charge in [-0.2, -0.15) is 0 Å². The first kappa shape index (κ1) is 33.6. The topological polar surface area (TPSA) is 54.9 Å². The van der Waals surface area contributed by atoms with Gasteiger partial charge in [0.15, 0.2) is 0 Å². The fourth-order valence-corrected chi connectivity index (χ4v) is 7.17. The summed E-state index contributed by atoms with van der Waals surface area (Å²) in [5.74, 6) is 0.00891. The maximum Gasteiger partial charge on any atom is 0.211 e. The average Bonchev–Trinajstić information content (AvgIpc) is 3.28. The van der Waals surface area contributed by atoms with Crippen LogP contribution in [0.5, 0.6) is 0 Å². The van der Waals surface area contributed by atoms with Crippen LogP contribution in [-0.4, -0.2) is 28.8 Å². The van der Waals surface area contributed by atoms with Crippen LogP contribution in [0.15, 0.2) is 66.5 Å². The summed E-state index contributed by atoms with van der Waals surface area (Å²) in [5, 5.41) is 4.98. The molecule has 7 rings (SSSR count). The molecule has 1 N–H and O–H groups in total. The average molecular weight is 667 g/mol. The second-order valence-corrected chi connectivity index (χ2v) is 16.0. The number of benzene rings is 2. The van der Waals surface area contributed by atoms with Gasteiger partial charge in [0.1, 0.15) is 5.69 Å². The maximum atomic E-state index is 12.7. The van der Waals surface area contributed by atoms with Gasteiger partial charge in [-0.05, 0) is 132 Å². The molecule has 1 fully saturated rings. The van der Waals surface area contributed by atoms with Crippen LogP contribution in [0.2, 0.25) is 10.0 Å². The monoisotopic (exact) mass is 665 g/mol. The lowest BCUT2D eigenvalue weighted by Crippen LogP contribution is -2.24. The Balaban J connectivity index is 0.000000168. The molecule has 0 atom stereocenters. The standard InChI is InChI=1S/C23H27ClN2.C18H18ClNO/c1-23(2,3)18-12-17-5-4-16-13-19(24)6-7-20(16)21(22(17)26-14-18)15-8-10-25-11-9-15;1-18(2,3)13-8-12-5-4-11-9-14(19)6-7-15(11)17(21)16(12)20-10-13/h6-7,12-14,25H,4-5,8-11H2,1-3H3;6-10H,4-5H2,1-3H3. The highest BCUT2D eigenvalue weighted by Crippen LogP contribution is 2.39. The summed E-state index contributed by atoms with van der Waals surface area (Å²) in [7, 11) is 0. The summed E-state index contributed by atoms with van der Waals surface area (Å²) >= 11 is 12.4. The third-order valence-corrected chi connectivity index (χ3v) is 10.1. The van der Waals surface area contributed by atoms with Crippen molar-refractivity contribution >= 4 is 34.6 Å². The molecule has 4 aromatic rings. The normalized spacial score (nSPS) is 16.1. The predicted octanol–water partition coefficient (Wildman–Crippen LogP) is 9.68. The van der Waals surface area contributed by atoms with E-state index in [0.717, 1.165) is 78.9 Å². The van der Waals surface area contributed by atoms with Crippen LogP contribution in [0.3, 0.4) is 0 Å². The molecule has 0 saturated carbocycles. The largest absolute Gasteiger partial charge is 0.316 e. The smallest absolute Gasteiger partial charge is 0.211 e. The number of hydrogen-bond donors (Lipinski definition) is 1. The quantitative estimate of drug-likeness (QED) is 0.203. The number of carbonyl (C=O) groups is 1. The van der Waals surface area contributed by atoms with Gasteiger partial charge >= 0.3 is 0 Å². The fourth-order valence-electron chi connectivity index (χ4n) is 6.79. The van der Waals surface area contributed by atoms with E-state index in [9.17, 15) is 4.79 Å². The number of halogens is 2. The van der Waals surface area contributed by atoms with Gasteiger partial charge < -0.3 is 5.32 Å². The number of piperidine rings is 1. The number of pyridine rings is 2. The SMILES string of the molecule is CC(C)(C)c1cnc2c(c1)CCc1cc(Cl)ccc1C2=C1CCNCC1.CC(C)(C)c1cnc2c(c1)CCc1cc(Cl)ccc1C2=O. The second kappa shape index (κ2) is 13.3. The van der Waals surface area contributed by atoms with E-state index in [-0.39, 0.29) is 16.6 Å². The van der Waals surface area contributed by atoms with Crippen LogP contribution >= 0.6 is 23.2 Å². The first-order chi connectivity index (χ1) is 22.3. The number of carbonyl (C=O) groups excluding carboxylic acids is 1. The third kappa shape index (κ3) is 7.26. The van der Waals surface area contributed by atoms with Crippen molar-refractivity contribution in [2.45, 2.75) is 90.9 Å². The van der Waals surface area contributed by atoms with Crippen LogP contribution in [0.4, 0.5) is 0 Å². The Morgan fingerprint density at radius 2 is 1.06 bits per heavy atom. The number of fused-ring (bicyclic) bond motifs is 4. The lowest BCUT2D eigenvalue weighted by atomic mass is 9.85. The predicted molar refractivity (Wildman–Crippen MR) is 195 cm³/mol. The Kier molecular flexibility index (Phi) is 9.50. The molecule has 3 aliphatic rings. The van der Waals surface area contributed by atoms with Crippen molar-refractivity contribution < 1.29 is 4.79 Å². The zero-order chi connectivity index (χ0) is 33.5. The third-order valence-electron chi connectivity index (χ3n) is 9.65. The van der Waals surface area contributed by atoms with Crippen LogP contribution in [-0.2, 0) is 36.5 Å². The van der Waals surface area contributed by atoms with Gasteiger partial charge in [-0.1, -0.05) is 88.5 Å². The van der Waals surface area contributed by atoms with Crippen molar-refractivity contribution in [2.75, 3.05) is 13.1 Å². The number of nitrogens with one attached hydrogen (secondary N) is 1. The van der Waals surface area contributed by atoms with E-state index in [1.807, 2.05) is 24.4 Å². The molecule has 2 aliphatic carbocycles. The van der Waals surface area contributed by atoms with Crippen molar-refractivity contribution in [3.05, 3.63) is 132 Å².